The van der Waals surface area contributed by atoms with Gasteiger partial charge >= 0.3 is 0 Å². The van der Waals surface area contributed by atoms with Crippen LogP contribution in [0.4, 0.5) is 0 Å². The molecule has 0 radical (unpaired) electrons. The van der Waals surface area contributed by atoms with Crippen LogP contribution in [0.5, 0.6) is 17.4 Å². The monoisotopic (exact) mass is 394 g/mol. The number of benzene rings is 1. The lowest BCUT2D eigenvalue weighted by atomic mass is 10.2. The molecule has 130 valence electrons. The van der Waals surface area contributed by atoms with Crippen molar-refractivity contribution in [1.29, 1.82) is 0 Å². The molecule has 0 saturated heterocycles. The number of nitrogens with one attached hydrogen (secondary N) is 1. The van der Waals surface area contributed by atoms with Gasteiger partial charge in [0.25, 0.3) is 0 Å². The minimum absolute atomic E-state index is 0.0959. The van der Waals surface area contributed by atoms with Crippen LogP contribution in [0.25, 0.3) is 0 Å². The van der Waals surface area contributed by atoms with Crippen molar-refractivity contribution in [2.24, 2.45) is 0 Å². The molecule has 1 aromatic carbocycles. The smallest absolute Gasteiger partial charge is 0.213 e. The van der Waals surface area contributed by atoms with Crippen LogP contribution < -0.4 is 19.5 Å². The quantitative estimate of drug-likeness (QED) is 0.655. The molecule has 0 aliphatic carbocycles. The van der Waals surface area contributed by atoms with E-state index in [1.165, 1.54) is 0 Å². The van der Waals surface area contributed by atoms with E-state index in [0.29, 0.717) is 19.0 Å². The number of ether oxygens (including phenoxy) is 3. The Morgan fingerprint density at radius 3 is 2.71 bits per heavy atom. The molecule has 5 nitrogen and oxygen atoms in total. The Balaban J connectivity index is 1.85. The Bertz CT molecular complexity index is 636. The van der Waals surface area contributed by atoms with Crippen LogP contribution in [0.2, 0.25) is 0 Å². The summed E-state index contributed by atoms with van der Waals surface area (Å²) >= 11 is 3.59. The second kappa shape index (κ2) is 9.49. The van der Waals surface area contributed by atoms with E-state index in [9.17, 15) is 0 Å². The van der Waals surface area contributed by atoms with Crippen molar-refractivity contribution in [2.45, 2.75) is 26.5 Å². The normalized spacial score (nSPS) is 10.7. The highest BCUT2D eigenvalue weighted by atomic mass is 79.9. The molecule has 0 bridgehead atoms. The van der Waals surface area contributed by atoms with Crippen LogP contribution in [-0.2, 0) is 6.54 Å². The number of hydrogen-bond donors (Lipinski definition) is 1. The Kier molecular flexibility index (Phi) is 7.34. The molecule has 0 spiro atoms. The first-order valence-corrected chi connectivity index (χ1v) is 8.67. The van der Waals surface area contributed by atoms with Gasteiger partial charge in [-0.2, -0.15) is 0 Å². The van der Waals surface area contributed by atoms with Gasteiger partial charge in [-0.05, 0) is 37.6 Å². The summed E-state index contributed by atoms with van der Waals surface area (Å²) in [6.07, 6.45) is 1.81. The minimum Gasteiger partial charge on any atom is -0.493 e. The maximum absolute atomic E-state index is 5.76. The fraction of sp³-hybridized carbons (Fsp3) is 0.389. The molecule has 0 aliphatic rings. The number of rotatable bonds is 9. The zero-order valence-electron chi connectivity index (χ0n) is 14.2. The molecule has 0 fully saturated rings. The Morgan fingerprint density at radius 1 is 1.21 bits per heavy atom. The van der Waals surface area contributed by atoms with Gasteiger partial charge in [0.1, 0.15) is 6.61 Å². The van der Waals surface area contributed by atoms with Crippen molar-refractivity contribution < 1.29 is 14.2 Å². The largest absolute Gasteiger partial charge is 0.493 e. The van der Waals surface area contributed by atoms with Crippen LogP contribution in [0, 0.1) is 0 Å². The average molecular weight is 395 g/mol. The topological polar surface area (TPSA) is 52.6 Å². The van der Waals surface area contributed by atoms with Gasteiger partial charge in [-0.25, -0.2) is 4.98 Å². The molecule has 1 heterocycles. The van der Waals surface area contributed by atoms with E-state index in [-0.39, 0.29) is 6.10 Å². The van der Waals surface area contributed by atoms with Crippen molar-refractivity contribution in [2.75, 3.05) is 20.3 Å². The number of methoxy groups -OCH3 is 1. The zero-order chi connectivity index (χ0) is 17.4. The maximum Gasteiger partial charge on any atom is 0.213 e. The van der Waals surface area contributed by atoms with E-state index in [0.717, 1.165) is 28.1 Å². The first kappa shape index (κ1) is 18.5. The first-order chi connectivity index (χ1) is 11.6. The van der Waals surface area contributed by atoms with Crippen molar-refractivity contribution in [3.05, 3.63) is 46.6 Å². The summed E-state index contributed by atoms with van der Waals surface area (Å²) in [5.41, 5.74) is 1.10. The molecule has 2 rings (SSSR count). The highest BCUT2D eigenvalue weighted by molar-refractivity contribution is 9.10. The summed E-state index contributed by atoms with van der Waals surface area (Å²) in [5, 5.41) is 3.35. The molecule has 0 atom stereocenters. The van der Waals surface area contributed by atoms with Gasteiger partial charge in [-0.3, -0.25) is 0 Å². The van der Waals surface area contributed by atoms with Crippen LogP contribution >= 0.6 is 15.9 Å². The van der Waals surface area contributed by atoms with Gasteiger partial charge < -0.3 is 19.5 Å². The van der Waals surface area contributed by atoms with Crippen molar-refractivity contribution in [3.8, 4) is 17.4 Å². The van der Waals surface area contributed by atoms with Crippen LogP contribution in [0.1, 0.15) is 19.4 Å². The van der Waals surface area contributed by atoms with E-state index in [2.05, 4.69) is 26.2 Å². The fourth-order valence-electron chi connectivity index (χ4n) is 2.10. The zero-order valence-corrected chi connectivity index (χ0v) is 15.8. The van der Waals surface area contributed by atoms with E-state index in [1.54, 1.807) is 13.3 Å². The number of aromatic nitrogens is 1. The lowest BCUT2D eigenvalue weighted by Gasteiger charge is -2.16. The Labute approximate surface area is 151 Å². The van der Waals surface area contributed by atoms with Gasteiger partial charge in [0.2, 0.25) is 5.88 Å². The molecular formula is C18H23BrN2O3. The second-order valence-corrected chi connectivity index (χ2v) is 6.31. The summed E-state index contributed by atoms with van der Waals surface area (Å²) in [4.78, 5) is 4.12. The molecular weight excluding hydrogens is 372 g/mol. The standard InChI is InChI=1S/C18H23BrN2O3/c1-13(2)24-17-11-15(19)14(10-16(17)22-3)12-20-8-9-23-18-6-4-5-7-21-18/h4-7,10-11,13,20H,8-9,12H2,1-3H3. The lowest BCUT2D eigenvalue weighted by Crippen LogP contribution is -2.21. The number of hydrogen-bond acceptors (Lipinski definition) is 5. The second-order valence-electron chi connectivity index (χ2n) is 5.45. The molecule has 0 saturated carbocycles. The van der Waals surface area contributed by atoms with Gasteiger partial charge in [-0.1, -0.05) is 22.0 Å². The number of halogens is 1. The summed E-state index contributed by atoms with van der Waals surface area (Å²) < 4.78 is 17.7. The van der Waals surface area contributed by atoms with E-state index in [1.807, 2.05) is 44.2 Å². The van der Waals surface area contributed by atoms with Crippen molar-refractivity contribution in [3.63, 3.8) is 0 Å². The van der Waals surface area contributed by atoms with Crippen LogP contribution in [-0.4, -0.2) is 31.3 Å². The maximum atomic E-state index is 5.76. The molecule has 24 heavy (non-hydrogen) atoms. The third kappa shape index (κ3) is 5.69. The third-order valence-corrected chi connectivity index (χ3v) is 3.92. The van der Waals surface area contributed by atoms with Gasteiger partial charge in [-0.15, -0.1) is 0 Å². The average Bonchev–Trinajstić information content (AvgIpc) is 2.56. The van der Waals surface area contributed by atoms with Crippen LogP contribution in [0.15, 0.2) is 41.0 Å². The highest BCUT2D eigenvalue weighted by Crippen LogP contribution is 2.34. The first-order valence-electron chi connectivity index (χ1n) is 7.87. The summed E-state index contributed by atoms with van der Waals surface area (Å²) in [7, 11) is 1.65. The van der Waals surface area contributed by atoms with Crippen molar-refractivity contribution >= 4 is 15.9 Å². The SMILES string of the molecule is COc1cc(CNCCOc2ccccn2)c(Br)cc1OC(C)C. The van der Waals surface area contributed by atoms with Gasteiger partial charge in [0.15, 0.2) is 11.5 Å². The molecule has 1 N–H and O–H groups in total. The van der Waals surface area contributed by atoms with E-state index < -0.39 is 0 Å². The third-order valence-electron chi connectivity index (χ3n) is 3.18. The predicted octanol–water partition coefficient (Wildman–Crippen LogP) is 3.81. The Hall–Kier alpha value is -1.79. The number of nitrogens with zero attached hydrogens (tertiary/aromatic N) is 1. The van der Waals surface area contributed by atoms with Gasteiger partial charge in [0.05, 0.1) is 13.2 Å². The summed E-state index contributed by atoms with van der Waals surface area (Å²) in [5.74, 6) is 2.10. The molecule has 0 aliphatic heterocycles. The van der Waals surface area contributed by atoms with Gasteiger partial charge in [0, 0.05) is 29.8 Å². The molecule has 2 aromatic rings. The predicted molar refractivity (Wildman–Crippen MR) is 97.9 cm³/mol. The fourth-order valence-corrected chi connectivity index (χ4v) is 2.56. The van der Waals surface area contributed by atoms with Crippen molar-refractivity contribution in [1.82, 2.24) is 10.3 Å². The molecule has 0 amide bonds. The minimum atomic E-state index is 0.0959. The summed E-state index contributed by atoms with van der Waals surface area (Å²) in [6, 6.07) is 9.53. The van der Waals surface area contributed by atoms with E-state index in [4.69, 9.17) is 14.2 Å². The molecule has 1 aromatic heterocycles. The number of pyridine rings is 1. The highest BCUT2D eigenvalue weighted by Gasteiger charge is 2.11. The molecule has 0 unspecified atom stereocenters. The molecule has 6 heteroatoms. The van der Waals surface area contributed by atoms with Crippen LogP contribution in [0.3, 0.4) is 0 Å². The Morgan fingerprint density at radius 2 is 2.04 bits per heavy atom. The lowest BCUT2D eigenvalue weighted by molar-refractivity contribution is 0.230. The van der Waals surface area contributed by atoms with E-state index >= 15 is 0 Å². The summed E-state index contributed by atoms with van der Waals surface area (Å²) in [6.45, 7) is 5.95.